The van der Waals surface area contributed by atoms with Crippen molar-refractivity contribution in [1.29, 1.82) is 0 Å². The predicted octanol–water partition coefficient (Wildman–Crippen LogP) is 6.38. The first-order valence-electron chi connectivity index (χ1n) is 8.02. The van der Waals surface area contributed by atoms with Gasteiger partial charge in [0, 0.05) is 23.1 Å². The molecule has 3 rings (SSSR count). The maximum atomic E-state index is 12.7. The van der Waals surface area contributed by atoms with E-state index in [0.717, 1.165) is 22.3 Å². The van der Waals surface area contributed by atoms with Crippen LogP contribution in [-0.4, -0.2) is 9.97 Å². The van der Waals surface area contributed by atoms with E-state index in [2.05, 4.69) is 21.9 Å². The zero-order chi connectivity index (χ0) is 19.4. The average molecular weight is 391 g/mol. The fourth-order valence-corrected chi connectivity index (χ4v) is 3.05. The Balaban J connectivity index is 1.87. The summed E-state index contributed by atoms with van der Waals surface area (Å²) in [5.74, 6) is 0.904. The number of pyridine rings is 1. The molecule has 0 aliphatic heterocycles. The van der Waals surface area contributed by atoms with E-state index < -0.39 is 11.9 Å². The van der Waals surface area contributed by atoms with Gasteiger partial charge in [0.15, 0.2) is 10.8 Å². The van der Waals surface area contributed by atoms with Gasteiger partial charge in [0.1, 0.15) is 11.4 Å². The van der Waals surface area contributed by atoms with Gasteiger partial charge in [0.25, 0.3) is 0 Å². The van der Waals surface area contributed by atoms with Gasteiger partial charge in [-0.3, -0.25) is 0 Å². The first kappa shape index (κ1) is 18.9. The minimum atomic E-state index is -4.48. The Morgan fingerprint density at radius 3 is 2.70 bits per heavy atom. The highest BCUT2D eigenvalue weighted by Crippen LogP contribution is 2.36. The van der Waals surface area contributed by atoms with Crippen LogP contribution in [0.15, 0.2) is 60.6 Å². The number of ether oxygens (including phenoxy) is 1. The fourth-order valence-electron chi connectivity index (χ4n) is 2.32. The number of hydrogen-bond donors (Lipinski definition) is 1. The molecule has 2 aromatic heterocycles. The predicted molar refractivity (Wildman–Crippen MR) is 99.8 cm³/mol. The van der Waals surface area contributed by atoms with Gasteiger partial charge >= 0.3 is 6.18 Å². The molecule has 1 aromatic carbocycles. The second-order valence-electron chi connectivity index (χ2n) is 5.68. The number of thiazole rings is 1. The molecule has 0 spiro atoms. The number of nitrogens with one attached hydrogen (secondary N) is 1. The van der Waals surface area contributed by atoms with Gasteiger partial charge in [-0.2, -0.15) is 13.2 Å². The standard InChI is InChI=1S/C19H16F3N3OS/c1-3-12(2)13-7-4-5-9-15(13)26-17-14(8-6-10-23-17)24-18-25-16(11-27-18)19(20,21)22/h3-12H,1H2,2H3,(H,24,25). The monoisotopic (exact) mass is 391 g/mol. The van der Waals surface area contributed by atoms with E-state index in [1.54, 1.807) is 30.5 Å². The highest BCUT2D eigenvalue weighted by Gasteiger charge is 2.33. The van der Waals surface area contributed by atoms with Crippen molar-refractivity contribution < 1.29 is 17.9 Å². The van der Waals surface area contributed by atoms with E-state index in [1.165, 1.54) is 0 Å². The molecule has 0 saturated heterocycles. The number of halogens is 3. The van der Waals surface area contributed by atoms with Crippen molar-refractivity contribution in [2.45, 2.75) is 19.0 Å². The molecule has 0 bridgehead atoms. The maximum Gasteiger partial charge on any atom is 0.434 e. The fraction of sp³-hybridized carbons (Fsp3) is 0.158. The number of benzene rings is 1. The Hall–Kier alpha value is -2.87. The summed E-state index contributed by atoms with van der Waals surface area (Å²) < 4.78 is 44.1. The van der Waals surface area contributed by atoms with Crippen molar-refractivity contribution in [2.24, 2.45) is 0 Å². The summed E-state index contributed by atoms with van der Waals surface area (Å²) in [6.07, 6.45) is -1.14. The van der Waals surface area contributed by atoms with Crippen LogP contribution >= 0.6 is 11.3 Å². The minimum absolute atomic E-state index is 0.0645. The third kappa shape index (κ3) is 4.46. The maximum absolute atomic E-state index is 12.7. The third-order valence-corrected chi connectivity index (χ3v) is 4.53. The normalized spacial score (nSPS) is 12.4. The summed E-state index contributed by atoms with van der Waals surface area (Å²) in [4.78, 5) is 7.77. The average Bonchev–Trinajstić information content (AvgIpc) is 3.12. The van der Waals surface area contributed by atoms with Crippen LogP contribution in [0.5, 0.6) is 11.6 Å². The molecule has 1 atom stereocenters. The summed E-state index contributed by atoms with van der Waals surface area (Å²) >= 11 is 0.859. The molecule has 0 amide bonds. The van der Waals surface area contributed by atoms with Crippen molar-refractivity contribution >= 4 is 22.2 Å². The molecule has 0 aliphatic rings. The number of nitrogens with zero attached hydrogens (tertiary/aromatic N) is 2. The lowest BCUT2D eigenvalue weighted by Gasteiger charge is -2.15. The number of allylic oxidation sites excluding steroid dienone is 1. The second-order valence-corrected chi connectivity index (χ2v) is 6.54. The first-order valence-corrected chi connectivity index (χ1v) is 8.90. The van der Waals surface area contributed by atoms with E-state index >= 15 is 0 Å². The van der Waals surface area contributed by atoms with E-state index in [0.29, 0.717) is 11.4 Å². The van der Waals surface area contributed by atoms with E-state index in [-0.39, 0.29) is 16.9 Å². The smallest absolute Gasteiger partial charge is 0.434 e. The SMILES string of the molecule is C=CC(C)c1ccccc1Oc1ncccc1Nc1nc(C(F)(F)F)cs1. The van der Waals surface area contributed by atoms with Crippen LogP contribution in [0, 0.1) is 0 Å². The highest BCUT2D eigenvalue weighted by molar-refractivity contribution is 7.13. The Morgan fingerprint density at radius 1 is 1.22 bits per heavy atom. The third-order valence-electron chi connectivity index (χ3n) is 3.78. The molecule has 1 N–H and O–H groups in total. The van der Waals surface area contributed by atoms with E-state index in [1.807, 2.05) is 25.1 Å². The van der Waals surface area contributed by atoms with Crippen LogP contribution in [0.2, 0.25) is 0 Å². The summed E-state index contributed by atoms with van der Waals surface area (Å²) in [7, 11) is 0. The lowest BCUT2D eigenvalue weighted by atomic mass is 10.0. The Kier molecular flexibility index (Phi) is 5.46. The molecule has 1 unspecified atom stereocenters. The minimum Gasteiger partial charge on any atom is -0.437 e. The van der Waals surface area contributed by atoms with Gasteiger partial charge in [-0.25, -0.2) is 9.97 Å². The van der Waals surface area contributed by atoms with Gasteiger partial charge in [-0.05, 0) is 18.2 Å². The zero-order valence-electron chi connectivity index (χ0n) is 14.3. The molecule has 140 valence electrons. The molecule has 4 nitrogen and oxygen atoms in total. The van der Waals surface area contributed by atoms with Gasteiger partial charge < -0.3 is 10.1 Å². The number of para-hydroxylation sites is 1. The van der Waals surface area contributed by atoms with Gasteiger partial charge in [-0.15, -0.1) is 17.9 Å². The van der Waals surface area contributed by atoms with Crippen molar-refractivity contribution in [3.63, 3.8) is 0 Å². The van der Waals surface area contributed by atoms with Crippen molar-refractivity contribution in [2.75, 3.05) is 5.32 Å². The molecule has 0 aliphatic carbocycles. The van der Waals surface area contributed by atoms with Crippen molar-refractivity contribution in [3.8, 4) is 11.6 Å². The lowest BCUT2D eigenvalue weighted by Crippen LogP contribution is -2.05. The molecule has 3 aromatic rings. The molecule has 0 radical (unpaired) electrons. The van der Waals surface area contributed by atoms with E-state index in [4.69, 9.17) is 4.74 Å². The largest absolute Gasteiger partial charge is 0.437 e. The molecule has 8 heteroatoms. The highest BCUT2D eigenvalue weighted by atomic mass is 32.1. The summed E-state index contributed by atoms with van der Waals surface area (Å²) in [6, 6.07) is 10.8. The summed E-state index contributed by atoms with van der Waals surface area (Å²) in [6.45, 7) is 5.79. The first-order chi connectivity index (χ1) is 12.9. The molecule has 0 fully saturated rings. The second kappa shape index (κ2) is 7.79. The quantitative estimate of drug-likeness (QED) is 0.495. The Labute approximate surface area is 158 Å². The number of anilines is 2. The van der Waals surface area contributed by atoms with Crippen LogP contribution < -0.4 is 10.1 Å². The van der Waals surface area contributed by atoms with Crippen LogP contribution in [-0.2, 0) is 6.18 Å². The van der Waals surface area contributed by atoms with Gasteiger partial charge in [-0.1, -0.05) is 31.2 Å². The number of rotatable bonds is 6. The van der Waals surface area contributed by atoms with Crippen molar-refractivity contribution in [1.82, 2.24) is 9.97 Å². The summed E-state index contributed by atoms with van der Waals surface area (Å²) in [5, 5.41) is 3.91. The molecular formula is C19H16F3N3OS. The zero-order valence-corrected chi connectivity index (χ0v) is 15.1. The Morgan fingerprint density at radius 2 is 2.00 bits per heavy atom. The number of aromatic nitrogens is 2. The number of alkyl halides is 3. The van der Waals surface area contributed by atoms with Crippen LogP contribution in [0.1, 0.15) is 24.1 Å². The van der Waals surface area contributed by atoms with Crippen molar-refractivity contribution in [3.05, 3.63) is 71.9 Å². The lowest BCUT2D eigenvalue weighted by molar-refractivity contribution is -0.140. The van der Waals surface area contributed by atoms with E-state index in [9.17, 15) is 13.2 Å². The topological polar surface area (TPSA) is 47.0 Å². The Bertz CT molecular complexity index is 940. The number of hydrogen-bond acceptors (Lipinski definition) is 5. The van der Waals surface area contributed by atoms with Crippen LogP contribution in [0.4, 0.5) is 24.0 Å². The molecule has 27 heavy (non-hydrogen) atoms. The molecular weight excluding hydrogens is 375 g/mol. The molecule has 0 saturated carbocycles. The van der Waals surface area contributed by atoms with Crippen LogP contribution in [0.3, 0.4) is 0 Å². The molecule has 2 heterocycles. The van der Waals surface area contributed by atoms with Gasteiger partial charge in [0.2, 0.25) is 5.88 Å². The van der Waals surface area contributed by atoms with Gasteiger partial charge in [0.05, 0.1) is 0 Å². The summed E-state index contributed by atoms with van der Waals surface area (Å²) in [5.41, 5.74) is 0.408. The van der Waals surface area contributed by atoms with Crippen LogP contribution in [0.25, 0.3) is 0 Å².